The van der Waals surface area contributed by atoms with Gasteiger partial charge in [-0.1, -0.05) is 17.7 Å². The van der Waals surface area contributed by atoms with Crippen LogP contribution in [0.2, 0.25) is 5.02 Å². The Bertz CT molecular complexity index is 806. The van der Waals surface area contributed by atoms with Crippen LogP contribution in [0.3, 0.4) is 0 Å². The molecule has 3 nitrogen and oxygen atoms in total. The van der Waals surface area contributed by atoms with Crippen molar-refractivity contribution in [3.8, 4) is 5.69 Å². The van der Waals surface area contributed by atoms with E-state index in [4.69, 9.17) is 17.3 Å². The number of anilines is 1. The summed E-state index contributed by atoms with van der Waals surface area (Å²) in [4.78, 5) is 4.32. The molecule has 1 heterocycles. The Morgan fingerprint density at radius 1 is 1.30 bits per heavy atom. The van der Waals surface area contributed by atoms with Crippen LogP contribution in [0.1, 0.15) is 5.56 Å². The van der Waals surface area contributed by atoms with Gasteiger partial charge in [0.15, 0.2) is 0 Å². The number of benzene rings is 2. The first-order valence-electron chi connectivity index (χ1n) is 5.87. The molecule has 0 aliphatic carbocycles. The van der Waals surface area contributed by atoms with E-state index in [2.05, 4.69) is 20.9 Å². The molecule has 102 valence electrons. The first-order chi connectivity index (χ1) is 9.47. The Labute approximate surface area is 128 Å². The summed E-state index contributed by atoms with van der Waals surface area (Å²) >= 11 is 9.48. The minimum absolute atomic E-state index is 0.267. The second-order valence-electron chi connectivity index (χ2n) is 4.52. The van der Waals surface area contributed by atoms with Gasteiger partial charge in [0.2, 0.25) is 5.95 Å². The Morgan fingerprint density at radius 3 is 2.75 bits per heavy atom. The molecule has 0 fully saturated rings. The maximum absolute atomic E-state index is 13.3. The highest BCUT2D eigenvalue weighted by Crippen LogP contribution is 2.34. The Balaban J connectivity index is 2.38. The zero-order chi connectivity index (χ0) is 14.4. The molecular weight excluding hydrogens is 345 g/mol. The van der Waals surface area contributed by atoms with Crippen LogP contribution in [0.15, 0.2) is 34.8 Å². The third-order valence-electron chi connectivity index (χ3n) is 3.04. The van der Waals surface area contributed by atoms with Crippen LogP contribution in [0.4, 0.5) is 10.3 Å². The van der Waals surface area contributed by atoms with E-state index < -0.39 is 5.82 Å². The van der Waals surface area contributed by atoms with Crippen LogP contribution in [0.5, 0.6) is 0 Å². The van der Waals surface area contributed by atoms with Gasteiger partial charge < -0.3 is 5.73 Å². The zero-order valence-electron chi connectivity index (χ0n) is 10.5. The van der Waals surface area contributed by atoms with Crippen LogP contribution in [-0.2, 0) is 0 Å². The first-order valence-corrected chi connectivity index (χ1v) is 7.04. The molecule has 6 heteroatoms. The molecule has 2 aromatic carbocycles. The lowest BCUT2D eigenvalue weighted by Gasteiger charge is -2.11. The highest BCUT2D eigenvalue weighted by Gasteiger charge is 2.16. The Morgan fingerprint density at radius 2 is 2.05 bits per heavy atom. The molecule has 1 aromatic heterocycles. The average Bonchev–Trinajstić information content (AvgIpc) is 2.64. The highest BCUT2D eigenvalue weighted by atomic mass is 79.9. The number of imidazole rings is 1. The number of fused-ring (bicyclic) bond motifs is 1. The van der Waals surface area contributed by atoms with Gasteiger partial charge in [0, 0.05) is 4.47 Å². The van der Waals surface area contributed by atoms with Crippen LogP contribution in [0.25, 0.3) is 16.7 Å². The molecule has 0 bridgehead atoms. The van der Waals surface area contributed by atoms with Gasteiger partial charge in [0.25, 0.3) is 0 Å². The van der Waals surface area contributed by atoms with Crippen molar-refractivity contribution in [1.29, 1.82) is 0 Å². The van der Waals surface area contributed by atoms with Gasteiger partial charge in [-0.3, -0.25) is 4.57 Å². The van der Waals surface area contributed by atoms with E-state index in [1.54, 1.807) is 4.57 Å². The number of rotatable bonds is 1. The zero-order valence-corrected chi connectivity index (χ0v) is 12.8. The third-order valence-corrected chi connectivity index (χ3v) is 3.93. The van der Waals surface area contributed by atoms with Crippen molar-refractivity contribution in [3.05, 3.63) is 51.2 Å². The minimum atomic E-state index is -0.413. The van der Waals surface area contributed by atoms with Crippen LogP contribution in [0, 0.1) is 12.7 Å². The molecule has 0 saturated carbocycles. The quantitative estimate of drug-likeness (QED) is 0.700. The van der Waals surface area contributed by atoms with E-state index in [1.807, 2.05) is 25.1 Å². The molecule has 3 rings (SSSR count). The van der Waals surface area contributed by atoms with Crippen LogP contribution in [-0.4, -0.2) is 9.55 Å². The van der Waals surface area contributed by atoms with Crippen LogP contribution < -0.4 is 5.73 Å². The second-order valence-corrected chi connectivity index (χ2v) is 5.78. The number of halogens is 3. The predicted octanol–water partition coefficient (Wildman–Crippen LogP) is 4.47. The Kier molecular flexibility index (Phi) is 3.18. The van der Waals surface area contributed by atoms with E-state index in [9.17, 15) is 4.39 Å². The summed E-state index contributed by atoms with van der Waals surface area (Å²) in [6.45, 7) is 1.98. The van der Waals surface area contributed by atoms with Crippen molar-refractivity contribution in [2.24, 2.45) is 0 Å². The third kappa shape index (κ3) is 2.07. The number of aryl methyl sites for hydroxylation is 1. The van der Waals surface area contributed by atoms with Gasteiger partial charge in [-0.25, -0.2) is 9.37 Å². The maximum atomic E-state index is 13.3. The molecule has 3 aromatic rings. The van der Waals surface area contributed by atoms with Crippen molar-refractivity contribution in [1.82, 2.24) is 9.55 Å². The van der Waals surface area contributed by atoms with E-state index in [0.29, 0.717) is 16.1 Å². The van der Waals surface area contributed by atoms with Gasteiger partial charge in [-0.2, -0.15) is 0 Å². The van der Waals surface area contributed by atoms with Gasteiger partial charge in [0.1, 0.15) is 5.82 Å². The largest absolute Gasteiger partial charge is 0.369 e. The first kappa shape index (κ1) is 13.4. The summed E-state index contributed by atoms with van der Waals surface area (Å²) in [6, 6.07) is 8.42. The SMILES string of the molecule is Cc1ccc2c(c1)nc(N)n2-c1c(Cl)cc(F)cc1Br. The topological polar surface area (TPSA) is 43.8 Å². The second kappa shape index (κ2) is 4.75. The summed E-state index contributed by atoms with van der Waals surface area (Å²) in [6.07, 6.45) is 0. The predicted molar refractivity (Wildman–Crippen MR) is 82.9 cm³/mol. The number of nitrogens with two attached hydrogens (primary N) is 1. The van der Waals surface area contributed by atoms with Gasteiger partial charge in [0.05, 0.1) is 21.7 Å². The van der Waals surface area contributed by atoms with E-state index >= 15 is 0 Å². The van der Waals surface area contributed by atoms with Gasteiger partial charge in [-0.15, -0.1) is 0 Å². The molecule has 0 aliphatic heterocycles. The molecule has 0 amide bonds. The molecular formula is C14H10BrClFN3. The van der Waals surface area contributed by atoms with Crippen LogP contribution >= 0.6 is 27.5 Å². The smallest absolute Gasteiger partial charge is 0.206 e. The normalized spacial score (nSPS) is 11.2. The number of hydrogen-bond donors (Lipinski definition) is 1. The standard InChI is InChI=1S/C14H10BrClFN3/c1-7-2-3-12-11(4-7)19-14(18)20(12)13-9(15)5-8(17)6-10(13)16/h2-6H,1H3,(H2,18,19). The fourth-order valence-electron chi connectivity index (χ4n) is 2.19. The minimum Gasteiger partial charge on any atom is -0.369 e. The summed E-state index contributed by atoms with van der Waals surface area (Å²) in [7, 11) is 0. The summed E-state index contributed by atoms with van der Waals surface area (Å²) in [5.74, 6) is -0.107. The van der Waals surface area contributed by atoms with Gasteiger partial charge in [-0.05, 0) is 52.7 Å². The maximum Gasteiger partial charge on any atom is 0.206 e. The number of hydrogen-bond acceptors (Lipinski definition) is 2. The number of aromatic nitrogens is 2. The number of nitrogens with zero attached hydrogens (tertiary/aromatic N) is 2. The van der Waals surface area contributed by atoms with Crippen molar-refractivity contribution < 1.29 is 4.39 Å². The molecule has 20 heavy (non-hydrogen) atoms. The fraction of sp³-hybridized carbons (Fsp3) is 0.0714. The van der Waals surface area contributed by atoms with E-state index in [1.165, 1.54) is 12.1 Å². The van der Waals surface area contributed by atoms with E-state index in [-0.39, 0.29) is 5.02 Å². The molecule has 0 radical (unpaired) electrons. The lowest BCUT2D eigenvalue weighted by molar-refractivity contribution is 0.626. The molecule has 0 aliphatic rings. The molecule has 0 unspecified atom stereocenters. The average molecular weight is 355 g/mol. The summed E-state index contributed by atoms with van der Waals surface area (Å²) in [5, 5.41) is 0.267. The lowest BCUT2D eigenvalue weighted by atomic mass is 10.2. The van der Waals surface area contributed by atoms with Crippen molar-refractivity contribution in [2.45, 2.75) is 6.92 Å². The van der Waals surface area contributed by atoms with Crippen molar-refractivity contribution in [3.63, 3.8) is 0 Å². The molecule has 0 spiro atoms. The molecule has 2 N–H and O–H groups in total. The molecule has 0 atom stereocenters. The van der Waals surface area contributed by atoms with E-state index in [0.717, 1.165) is 16.6 Å². The Hall–Kier alpha value is -1.59. The van der Waals surface area contributed by atoms with Crippen molar-refractivity contribution >= 4 is 44.5 Å². The van der Waals surface area contributed by atoms with Crippen molar-refractivity contribution in [2.75, 3.05) is 5.73 Å². The summed E-state index contributed by atoms with van der Waals surface area (Å²) in [5.41, 5.74) is 9.25. The monoisotopic (exact) mass is 353 g/mol. The fourth-order valence-corrected chi connectivity index (χ4v) is 3.21. The summed E-state index contributed by atoms with van der Waals surface area (Å²) < 4.78 is 15.6. The highest BCUT2D eigenvalue weighted by molar-refractivity contribution is 9.10. The van der Waals surface area contributed by atoms with Gasteiger partial charge >= 0.3 is 0 Å². The lowest BCUT2D eigenvalue weighted by Crippen LogP contribution is -2.02. The number of nitrogen functional groups attached to an aromatic ring is 1. The molecule has 0 saturated heterocycles.